The summed E-state index contributed by atoms with van der Waals surface area (Å²) in [6, 6.07) is -0.531. The van der Waals surface area contributed by atoms with E-state index in [2.05, 4.69) is 4.99 Å². The van der Waals surface area contributed by atoms with Gasteiger partial charge in [-0.3, -0.25) is 9.59 Å². The summed E-state index contributed by atoms with van der Waals surface area (Å²) < 4.78 is 6.98. The van der Waals surface area contributed by atoms with Crippen LogP contribution in [0.2, 0.25) is 0 Å². The van der Waals surface area contributed by atoms with Crippen molar-refractivity contribution in [2.45, 2.75) is 26.7 Å². The lowest BCUT2D eigenvalue weighted by atomic mass is 9.96. The SMILES string of the molecule is CCOC1=C(C)C=NC2=[N+](C)C(=O)N(CC(=O)N3CCCC3)C(=O)C12. The topological polar surface area (TPSA) is 82.3 Å². The highest BCUT2D eigenvalue weighted by Crippen LogP contribution is 2.28. The minimum absolute atomic E-state index is 0.200. The van der Waals surface area contributed by atoms with Gasteiger partial charge in [-0.05, 0) is 26.7 Å². The van der Waals surface area contributed by atoms with Gasteiger partial charge in [0.05, 0.1) is 13.7 Å². The number of allylic oxidation sites excluding steroid dienone is 1. The molecular formula is C17H23N4O4+. The minimum atomic E-state index is -0.779. The first-order valence-electron chi connectivity index (χ1n) is 8.57. The van der Waals surface area contributed by atoms with Crippen LogP contribution in [0.3, 0.4) is 0 Å². The first kappa shape index (κ1) is 17.3. The third-order valence-electron chi connectivity index (χ3n) is 4.73. The van der Waals surface area contributed by atoms with Crippen molar-refractivity contribution in [3.8, 4) is 0 Å². The smallest absolute Gasteiger partial charge is 0.446 e. The molecule has 8 nitrogen and oxygen atoms in total. The summed E-state index contributed by atoms with van der Waals surface area (Å²) in [4.78, 5) is 45.0. The Morgan fingerprint density at radius 1 is 1.36 bits per heavy atom. The average molecular weight is 347 g/mol. The van der Waals surface area contributed by atoms with Crippen molar-refractivity contribution in [3.63, 3.8) is 0 Å². The van der Waals surface area contributed by atoms with Crippen LogP contribution in [-0.4, -0.2) is 77.6 Å². The number of dihydropyridines is 1. The molecule has 1 fully saturated rings. The number of rotatable bonds is 4. The zero-order valence-corrected chi connectivity index (χ0v) is 14.8. The number of carbonyl (C=O) groups excluding carboxylic acids is 3. The lowest BCUT2D eigenvalue weighted by molar-refractivity contribution is -0.408. The van der Waals surface area contributed by atoms with Gasteiger partial charge < -0.3 is 9.64 Å². The summed E-state index contributed by atoms with van der Waals surface area (Å²) in [7, 11) is 1.56. The highest BCUT2D eigenvalue weighted by atomic mass is 16.5. The standard InChI is InChI=1S/C17H23N4O4/c1-4-25-14-11(2)9-18-15-13(14)16(23)21(17(24)19(15)3)10-12(22)20-7-5-6-8-20/h9,13H,4-8,10H2,1-3H3/q+1. The Bertz CT molecular complexity index is 716. The van der Waals surface area contributed by atoms with Crippen molar-refractivity contribution in [2.75, 3.05) is 33.3 Å². The number of hydrogen-bond acceptors (Lipinski definition) is 5. The van der Waals surface area contributed by atoms with Crippen LogP contribution >= 0.6 is 0 Å². The van der Waals surface area contributed by atoms with E-state index in [0.29, 0.717) is 31.3 Å². The van der Waals surface area contributed by atoms with Crippen LogP contribution in [0.4, 0.5) is 4.79 Å². The van der Waals surface area contributed by atoms with E-state index >= 15 is 0 Å². The van der Waals surface area contributed by atoms with Gasteiger partial charge in [0.25, 0.3) is 11.7 Å². The van der Waals surface area contributed by atoms with Crippen molar-refractivity contribution in [1.29, 1.82) is 0 Å². The fraction of sp³-hybridized carbons (Fsp3) is 0.588. The molecule has 1 atom stereocenters. The number of amidine groups is 1. The molecule has 0 N–H and O–H groups in total. The molecule has 25 heavy (non-hydrogen) atoms. The summed E-state index contributed by atoms with van der Waals surface area (Å²) in [5.74, 6) is -0.595. The summed E-state index contributed by atoms with van der Waals surface area (Å²) in [6.45, 7) is 5.17. The van der Waals surface area contributed by atoms with E-state index in [1.807, 2.05) is 13.8 Å². The predicted octanol–water partition coefficient (Wildman–Crippen LogP) is 0.623. The van der Waals surface area contributed by atoms with Crippen LogP contribution in [0, 0.1) is 5.92 Å². The summed E-state index contributed by atoms with van der Waals surface area (Å²) in [5, 5.41) is 0. The molecule has 0 spiro atoms. The molecule has 134 valence electrons. The van der Waals surface area contributed by atoms with Crippen molar-refractivity contribution < 1.29 is 23.7 Å². The maximum Gasteiger partial charge on any atom is 0.446 e. The summed E-state index contributed by atoms with van der Waals surface area (Å²) in [5.41, 5.74) is 0.748. The molecule has 0 aromatic heterocycles. The molecule has 0 aliphatic carbocycles. The number of fused-ring (bicyclic) bond motifs is 1. The van der Waals surface area contributed by atoms with Gasteiger partial charge in [0, 0.05) is 18.7 Å². The number of likely N-dealkylation sites (tertiary alicyclic amines) is 1. The largest absolute Gasteiger partial charge is 0.496 e. The van der Waals surface area contributed by atoms with Crippen LogP contribution in [0.25, 0.3) is 0 Å². The van der Waals surface area contributed by atoms with E-state index in [0.717, 1.165) is 23.3 Å². The Kier molecular flexibility index (Phi) is 4.69. The number of imide groups is 1. The van der Waals surface area contributed by atoms with E-state index < -0.39 is 17.9 Å². The normalized spacial score (nSPS) is 23.6. The molecule has 3 heterocycles. The molecule has 1 saturated heterocycles. The molecule has 3 rings (SSSR count). The van der Waals surface area contributed by atoms with Crippen LogP contribution in [0.5, 0.6) is 0 Å². The zero-order valence-electron chi connectivity index (χ0n) is 14.8. The van der Waals surface area contributed by atoms with E-state index in [-0.39, 0.29) is 12.5 Å². The molecule has 3 aliphatic rings. The fourth-order valence-corrected chi connectivity index (χ4v) is 3.38. The monoisotopic (exact) mass is 347 g/mol. The predicted molar refractivity (Wildman–Crippen MR) is 90.4 cm³/mol. The number of ether oxygens (including phenoxy) is 1. The van der Waals surface area contributed by atoms with E-state index in [1.54, 1.807) is 18.2 Å². The lowest BCUT2D eigenvalue weighted by Crippen LogP contribution is -2.57. The van der Waals surface area contributed by atoms with Gasteiger partial charge in [-0.15, -0.1) is 4.99 Å². The van der Waals surface area contributed by atoms with Crippen molar-refractivity contribution >= 4 is 29.9 Å². The fourth-order valence-electron chi connectivity index (χ4n) is 3.38. The highest BCUT2D eigenvalue weighted by Gasteiger charge is 2.51. The quantitative estimate of drug-likeness (QED) is 0.698. The molecular weight excluding hydrogens is 324 g/mol. The zero-order chi connectivity index (χ0) is 18.1. The number of hydrogen-bond donors (Lipinski definition) is 0. The van der Waals surface area contributed by atoms with Gasteiger partial charge in [-0.25, -0.2) is 4.79 Å². The Morgan fingerprint density at radius 2 is 2.04 bits per heavy atom. The minimum Gasteiger partial charge on any atom is -0.496 e. The third-order valence-corrected chi connectivity index (χ3v) is 4.73. The third kappa shape index (κ3) is 2.96. The van der Waals surface area contributed by atoms with Gasteiger partial charge in [-0.1, -0.05) is 0 Å². The number of amides is 4. The second-order valence-corrected chi connectivity index (χ2v) is 6.38. The number of urea groups is 1. The van der Waals surface area contributed by atoms with E-state index in [9.17, 15) is 14.4 Å². The van der Waals surface area contributed by atoms with Gasteiger partial charge in [0.2, 0.25) is 0 Å². The van der Waals surface area contributed by atoms with Gasteiger partial charge in [0.1, 0.15) is 12.0 Å². The number of carbonyl (C=O) groups is 3. The second-order valence-electron chi connectivity index (χ2n) is 6.38. The first-order chi connectivity index (χ1) is 12.0. The molecule has 0 bridgehead atoms. The Balaban J connectivity index is 1.91. The Morgan fingerprint density at radius 3 is 2.68 bits per heavy atom. The second kappa shape index (κ2) is 6.78. The summed E-state index contributed by atoms with van der Waals surface area (Å²) >= 11 is 0. The van der Waals surface area contributed by atoms with E-state index in [4.69, 9.17) is 4.74 Å². The number of aliphatic imine (C=N–C) groups is 1. The maximum atomic E-state index is 13.0. The van der Waals surface area contributed by atoms with Gasteiger partial charge in [0.15, 0.2) is 12.5 Å². The average Bonchev–Trinajstić information content (AvgIpc) is 3.13. The van der Waals surface area contributed by atoms with Gasteiger partial charge >= 0.3 is 11.9 Å². The van der Waals surface area contributed by atoms with Crippen LogP contribution in [-0.2, 0) is 14.3 Å². The van der Waals surface area contributed by atoms with E-state index in [1.165, 1.54) is 4.58 Å². The molecule has 1 unspecified atom stereocenters. The molecule has 0 aromatic rings. The number of nitrogens with zero attached hydrogens (tertiary/aromatic N) is 4. The molecule has 0 aromatic carbocycles. The Hall–Kier alpha value is -2.51. The molecule has 3 aliphatic heterocycles. The van der Waals surface area contributed by atoms with Gasteiger partial charge in [-0.2, -0.15) is 9.48 Å². The highest BCUT2D eigenvalue weighted by molar-refractivity contribution is 6.16. The van der Waals surface area contributed by atoms with Crippen molar-refractivity contribution in [2.24, 2.45) is 10.9 Å². The first-order valence-corrected chi connectivity index (χ1v) is 8.57. The van der Waals surface area contributed by atoms with Crippen LogP contribution < -0.4 is 0 Å². The van der Waals surface area contributed by atoms with Crippen molar-refractivity contribution in [1.82, 2.24) is 9.80 Å². The molecule has 0 saturated carbocycles. The summed E-state index contributed by atoms with van der Waals surface area (Å²) in [6.07, 6.45) is 3.51. The lowest BCUT2D eigenvalue weighted by Gasteiger charge is -2.29. The molecule has 8 heteroatoms. The van der Waals surface area contributed by atoms with Crippen LogP contribution in [0.15, 0.2) is 16.3 Å². The van der Waals surface area contributed by atoms with Crippen LogP contribution in [0.1, 0.15) is 26.7 Å². The molecule has 0 radical (unpaired) electrons. The Labute approximate surface area is 146 Å². The maximum absolute atomic E-state index is 13.0. The molecule has 4 amide bonds. The van der Waals surface area contributed by atoms with Crippen molar-refractivity contribution in [3.05, 3.63) is 11.3 Å².